The first-order valence-electron chi connectivity index (χ1n) is 14.4. The number of piperidine rings is 1. The second-order valence-electron chi connectivity index (χ2n) is 11.5. The van der Waals surface area contributed by atoms with E-state index in [2.05, 4.69) is 21.4 Å². The van der Waals surface area contributed by atoms with Crippen molar-refractivity contribution in [3.8, 4) is 6.07 Å². The summed E-state index contributed by atoms with van der Waals surface area (Å²) in [6.45, 7) is 0.643. The van der Waals surface area contributed by atoms with Crippen molar-refractivity contribution in [1.29, 1.82) is 5.26 Å². The van der Waals surface area contributed by atoms with Crippen LogP contribution in [0, 0.1) is 23.2 Å². The highest BCUT2D eigenvalue weighted by Crippen LogP contribution is 2.52. The second kappa shape index (κ2) is 12.1. The minimum atomic E-state index is -3.44. The topological polar surface area (TPSA) is 136 Å². The van der Waals surface area contributed by atoms with Gasteiger partial charge in [-0.3, -0.25) is 24.5 Å². The molecule has 2 atom stereocenters. The van der Waals surface area contributed by atoms with E-state index >= 15 is 0 Å². The molecule has 0 bridgehead atoms. The predicted molar refractivity (Wildman–Crippen MR) is 164 cm³/mol. The van der Waals surface area contributed by atoms with Crippen molar-refractivity contribution in [3.05, 3.63) is 107 Å². The quantitative estimate of drug-likeness (QED) is 0.194. The number of allylic oxidation sites excluding steroid dienone is 1. The summed E-state index contributed by atoms with van der Waals surface area (Å²) in [5, 5.41) is 12.6. The zero-order chi connectivity index (χ0) is 30.9. The molecule has 1 aliphatic carbocycles. The molecule has 12 heteroatoms. The summed E-state index contributed by atoms with van der Waals surface area (Å²) in [6, 6.07) is 15.6. The molecule has 0 spiro atoms. The molecule has 6 rings (SSSR count). The molecule has 1 saturated carbocycles. The summed E-state index contributed by atoms with van der Waals surface area (Å²) in [7, 11) is -3.44. The number of hydrogen-bond donors (Lipinski definition) is 1. The van der Waals surface area contributed by atoms with Gasteiger partial charge in [-0.25, -0.2) is 12.7 Å². The van der Waals surface area contributed by atoms with Crippen molar-refractivity contribution in [2.24, 2.45) is 11.8 Å². The van der Waals surface area contributed by atoms with Crippen molar-refractivity contribution in [3.63, 3.8) is 0 Å². The fourth-order valence-electron chi connectivity index (χ4n) is 6.45. The molecule has 226 valence electrons. The highest BCUT2D eigenvalue weighted by molar-refractivity contribution is 7.89. The first-order valence-corrected chi connectivity index (χ1v) is 16.6. The van der Waals surface area contributed by atoms with E-state index in [1.807, 2.05) is 24.3 Å². The third kappa shape index (κ3) is 5.85. The summed E-state index contributed by atoms with van der Waals surface area (Å²) in [6.07, 6.45) is 9.25. The number of carbonyl (C=O) groups excluding carboxylic acids is 2. The largest absolute Gasteiger partial charge is 0.357 e. The first kappa shape index (κ1) is 29.9. The number of rotatable bonds is 11. The monoisotopic (exact) mass is 630 g/mol. The summed E-state index contributed by atoms with van der Waals surface area (Å²) in [4.78, 5) is 38.1. The van der Waals surface area contributed by atoms with Crippen molar-refractivity contribution < 1.29 is 18.0 Å². The molecular formula is C32H31ClN6O4S. The van der Waals surface area contributed by atoms with Gasteiger partial charge in [-0.2, -0.15) is 5.26 Å². The Morgan fingerprint density at radius 1 is 1.00 bits per heavy atom. The maximum absolute atomic E-state index is 14.7. The lowest BCUT2D eigenvalue weighted by Gasteiger charge is -2.28. The van der Waals surface area contributed by atoms with Crippen LogP contribution in [0.3, 0.4) is 0 Å². The fraction of sp³-hybridized carbons (Fsp3) is 0.344. The number of fused-ring (bicyclic) bond motifs is 1. The summed E-state index contributed by atoms with van der Waals surface area (Å²) < 4.78 is 27.2. The van der Waals surface area contributed by atoms with Crippen LogP contribution in [0.25, 0.3) is 0 Å². The van der Waals surface area contributed by atoms with Gasteiger partial charge in [-0.15, -0.1) is 11.6 Å². The molecule has 3 fully saturated rings. The molecule has 0 radical (unpaired) electrons. The van der Waals surface area contributed by atoms with Crippen LogP contribution in [-0.2, 0) is 27.7 Å². The zero-order valence-electron chi connectivity index (χ0n) is 23.8. The lowest BCUT2D eigenvalue weighted by Crippen LogP contribution is -2.51. The molecule has 2 saturated heterocycles. The van der Waals surface area contributed by atoms with Crippen LogP contribution in [0.5, 0.6) is 0 Å². The highest BCUT2D eigenvalue weighted by Gasteiger charge is 2.65. The third-order valence-electron chi connectivity index (χ3n) is 8.67. The average Bonchev–Trinajstić information content (AvgIpc) is 3.36. The molecule has 1 aromatic carbocycles. The first-order chi connectivity index (χ1) is 21.2. The number of carbonyl (C=O) groups is 2. The number of pyridine rings is 2. The van der Waals surface area contributed by atoms with E-state index in [1.54, 1.807) is 54.0 Å². The van der Waals surface area contributed by atoms with E-state index in [9.17, 15) is 18.0 Å². The Morgan fingerprint density at radius 3 is 2.09 bits per heavy atom. The van der Waals surface area contributed by atoms with Gasteiger partial charge in [0, 0.05) is 86.1 Å². The van der Waals surface area contributed by atoms with Gasteiger partial charge in [0.05, 0.1) is 17.4 Å². The Balaban J connectivity index is 1.35. The van der Waals surface area contributed by atoms with E-state index in [-0.39, 0.29) is 41.2 Å². The van der Waals surface area contributed by atoms with E-state index in [4.69, 9.17) is 16.9 Å². The molecule has 3 aromatic rings. The molecular weight excluding hydrogens is 600 g/mol. The van der Waals surface area contributed by atoms with Gasteiger partial charge in [-0.1, -0.05) is 0 Å². The van der Waals surface area contributed by atoms with E-state index in [0.717, 1.165) is 11.1 Å². The van der Waals surface area contributed by atoms with Crippen molar-refractivity contribution in [2.75, 3.05) is 24.7 Å². The second-order valence-corrected chi connectivity index (χ2v) is 14.0. The SMILES string of the molecule is N#Cc1ccc(C(=O)C=C2NC(Cc3ccncc3)(Cc3ccncc3)C(=O)N2C2C3CN(S(=O)(=O)CCCCl)CC32)cc1. The predicted octanol–water partition coefficient (Wildman–Crippen LogP) is 2.92. The summed E-state index contributed by atoms with van der Waals surface area (Å²) >= 11 is 5.75. The minimum Gasteiger partial charge on any atom is -0.357 e. The number of halogens is 1. The Hall–Kier alpha value is -4.11. The molecule has 1 amide bonds. The van der Waals surface area contributed by atoms with Gasteiger partial charge in [0.15, 0.2) is 5.78 Å². The normalized spacial score (nSPS) is 23.3. The maximum atomic E-state index is 14.7. The fourth-order valence-corrected chi connectivity index (χ4v) is 8.31. The molecule has 2 unspecified atom stereocenters. The number of ketones is 1. The summed E-state index contributed by atoms with van der Waals surface area (Å²) in [5.74, 6) is 0.0967. The number of benzene rings is 1. The maximum Gasteiger partial charge on any atom is 0.254 e. The van der Waals surface area contributed by atoms with Crippen LogP contribution in [-0.4, -0.2) is 75.6 Å². The zero-order valence-corrected chi connectivity index (χ0v) is 25.4. The van der Waals surface area contributed by atoms with E-state index < -0.39 is 15.6 Å². The Labute approximate surface area is 261 Å². The molecule has 2 aromatic heterocycles. The molecule has 3 aliphatic rings. The smallest absolute Gasteiger partial charge is 0.254 e. The van der Waals surface area contributed by atoms with Gasteiger partial charge >= 0.3 is 0 Å². The van der Waals surface area contributed by atoms with Gasteiger partial charge in [0.2, 0.25) is 10.0 Å². The number of nitrogens with zero attached hydrogens (tertiary/aromatic N) is 5. The Morgan fingerprint density at radius 2 is 1.57 bits per heavy atom. The molecule has 2 aliphatic heterocycles. The molecule has 44 heavy (non-hydrogen) atoms. The highest BCUT2D eigenvalue weighted by atomic mass is 35.5. The van der Waals surface area contributed by atoms with Crippen molar-refractivity contribution in [2.45, 2.75) is 30.8 Å². The van der Waals surface area contributed by atoms with Crippen LogP contribution >= 0.6 is 11.6 Å². The summed E-state index contributed by atoms with van der Waals surface area (Å²) in [5.41, 5.74) is 1.53. The number of amides is 1. The van der Waals surface area contributed by atoms with Crippen LogP contribution in [0.4, 0.5) is 0 Å². The number of sulfonamides is 1. The Bertz CT molecular complexity index is 1670. The minimum absolute atomic E-state index is 0.00394. The van der Waals surface area contributed by atoms with Crippen LogP contribution in [0.1, 0.15) is 33.5 Å². The standard InChI is InChI=1S/C32H31ClN6O4S/c33-10-1-15-44(42,43)38-20-26-27(21-38)30(26)39-29(16-28(40)25-4-2-24(19-34)3-5-25)37-32(31(39)41,17-22-6-11-35-12-7-22)18-23-8-13-36-14-9-23/h2-9,11-14,16,26-27,30,37H,1,10,15,17-18,20-21H2. The van der Waals surface area contributed by atoms with Gasteiger partial charge < -0.3 is 5.32 Å². The number of aromatic nitrogens is 2. The number of nitrogens with one attached hydrogen (secondary N) is 1. The van der Waals surface area contributed by atoms with Crippen LogP contribution in [0.15, 0.2) is 85.2 Å². The number of alkyl halides is 1. The number of hydrogen-bond acceptors (Lipinski definition) is 8. The van der Waals surface area contributed by atoms with Crippen molar-refractivity contribution >= 4 is 33.3 Å². The van der Waals surface area contributed by atoms with E-state index in [1.165, 1.54) is 10.4 Å². The van der Waals surface area contributed by atoms with Gasteiger partial charge in [-0.05, 0) is 66.1 Å². The molecule has 1 N–H and O–H groups in total. The Kier molecular flexibility index (Phi) is 8.24. The lowest BCUT2D eigenvalue weighted by atomic mass is 9.85. The van der Waals surface area contributed by atoms with Crippen molar-refractivity contribution in [1.82, 2.24) is 24.5 Å². The van der Waals surface area contributed by atoms with Crippen LogP contribution < -0.4 is 5.32 Å². The molecule has 10 nitrogen and oxygen atoms in total. The van der Waals surface area contributed by atoms with E-state index in [0.29, 0.717) is 49.3 Å². The van der Waals surface area contributed by atoms with Crippen LogP contribution in [0.2, 0.25) is 0 Å². The van der Waals surface area contributed by atoms with Gasteiger partial charge in [0.25, 0.3) is 5.91 Å². The average molecular weight is 631 g/mol. The molecule has 4 heterocycles. The van der Waals surface area contributed by atoms with Gasteiger partial charge in [0.1, 0.15) is 11.4 Å². The lowest BCUT2D eigenvalue weighted by molar-refractivity contribution is -0.132. The third-order valence-corrected chi connectivity index (χ3v) is 10.8. The number of nitriles is 1.